The van der Waals surface area contributed by atoms with Gasteiger partial charge in [-0.3, -0.25) is 4.79 Å². The van der Waals surface area contributed by atoms with E-state index in [0.29, 0.717) is 11.7 Å². The fraction of sp³-hybridized carbons (Fsp3) is 0.500. The summed E-state index contributed by atoms with van der Waals surface area (Å²) in [6, 6.07) is 8.85. The molecule has 6 nitrogen and oxygen atoms in total. The number of hydrogen-bond donors (Lipinski definition) is 2. The predicted octanol–water partition coefficient (Wildman–Crippen LogP) is 2.88. The van der Waals surface area contributed by atoms with Gasteiger partial charge in [0.2, 0.25) is 11.8 Å². The van der Waals surface area contributed by atoms with Gasteiger partial charge in [-0.25, -0.2) is 0 Å². The van der Waals surface area contributed by atoms with Gasteiger partial charge in [0.15, 0.2) is 5.82 Å². The van der Waals surface area contributed by atoms with E-state index in [1.165, 1.54) is 0 Å². The molecule has 0 aliphatic carbocycles. The summed E-state index contributed by atoms with van der Waals surface area (Å²) in [5.41, 5.74) is 6.93. The highest BCUT2D eigenvalue weighted by Crippen LogP contribution is 2.22. The average Bonchev–Trinajstić information content (AvgIpc) is 3.04. The minimum atomic E-state index is -0.375. The lowest BCUT2D eigenvalue weighted by Crippen LogP contribution is -2.37. The van der Waals surface area contributed by atoms with E-state index in [2.05, 4.69) is 15.5 Å². The number of aromatic nitrogens is 2. The Labute approximate surface area is 142 Å². The normalized spacial score (nSPS) is 15.6. The Hall–Kier alpha value is -2.21. The van der Waals surface area contributed by atoms with Crippen molar-refractivity contribution in [3.8, 4) is 0 Å². The second-order valence-corrected chi connectivity index (χ2v) is 7.16. The summed E-state index contributed by atoms with van der Waals surface area (Å²) in [5.74, 6) is 0.496. The Bertz CT molecular complexity index is 676. The minimum absolute atomic E-state index is 0.144. The summed E-state index contributed by atoms with van der Waals surface area (Å²) in [5, 5.41) is 6.88. The molecule has 0 spiro atoms. The number of amides is 1. The van der Waals surface area contributed by atoms with E-state index in [1.807, 2.05) is 65.0 Å². The molecule has 3 N–H and O–H groups in total. The van der Waals surface area contributed by atoms with E-state index in [9.17, 15) is 4.79 Å². The van der Waals surface area contributed by atoms with Crippen LogP contribution >= 0.6 is 0 Å². The molecule has 1 amide bonds. The zero-order valence-corrected chi connectivity index (χ0v) is 14.9. The topological polar surface area (TPSA) is 94.0 Å². The molecule has 6 heteroatoms. The Morgan fingerprint density at radius 1 is 1.21 bits per heavy atom. The second-order valence-electron chi connectivity index (χ2n) is 7.16. The molecule has 24 heavy (non-hydrogen) atoms. The number of carbonyl (C=O) groups excluding carboxylic acids is 1. The van der Waals surface area contributed by atoms with Crippen LogP contribution in [0.15, 0.2) is 34.9 Å². The first-order valence-electron chi connectivity index (χ1n) is 8.15. The molecule has 1 aromatic carbocycles. The Morgan fingerprint density at radius 3 is 2.38 bits per heavy atom. The molecule has 3 atom stereocenters. The molecule has 1 heterocycles. The predicted molar refractivity (Wildman–Crippen MR) is 92.1 cm³/mol. The lowest BCUT2D eigenvalue weighted by molar-refractivity contribution is -0.126. The van der Waals surface area contributed by atoms with Crippen LogP contribution in [-0.4, -0.2) is 16.0 Å². The molecule has 3 unspecified atom stereocenters. The van der Waals surface area contributed by atoms with Gasteiger partial charge >= 0.3 is 0 Å². The third-order valence-electron chi connectivity index (χ3n) is 3.98. The van der Waals surface area contributed by atoms with Gasteiger partial charge in [-0.15, -0.1) is 0 Å². The van der Waals surface area contributed by atoms with Gasteiger partial charge in [0.25, 0.3) is 0 Å². The maximum Gasteiger partial charge on any atom is 0.248 e. The van der Waals surface area contributed by atoms with Crippen molar-refractivity contribution >= 4 is 5.91 Å². The Morgan fingerprint density at radius 2 is 1.83 bits per heavy atom. The van der Waals surface area contributed by atoms with E-state index in [1.54, 1.807) is 0 Å². The zero-order chi connectivity index (χ0) is 17.9. The number of nitrogens with two attached hydrogens (primary N) is 1. The summed E-state index contributed by atoms with van der Waals surface area (Å²) < 4.78 is 5.27. The smallest absolute Gasteiger partial charge is 0.248 e. The van der Waals surface area contributed by atoms with Crippen LogP contribution in [0.1, 0.15) is 64.0 Å². The maximum absolute atomic E-state index is 12.5. The van der Waals surface area contributed by atoms with Crippen molar-refractivity contribution in [2.45, 2.75) is 52.1 Å². The molecule has 2 rings (SSSR count). The van der Waals surface area contributed by atoms with Crippen LogP contribution in [0.4, 0.5) is 0 Å². The first-order valence-corrected chi connectivity index (χ1v) is 8.15. The Balaban J connectivity index is 2.02. The van der Waals surface area contributed by atoms with Crippen LogP contribution in [0.2, 0.25) is 0 Å². The number of hydrogen-bond acceptors (Lipinski definition) is 5. The number of rotatable bonds is 5. The number of benzene rings is 1. The van der Waals surface area contributed by atoms with Crippen molar-refractivity contribution in [1.29, 1.82) is 0 Å². The third-order valence-corrected chi connectivity index (χ3v) is 3.98. The van der Waals surface area contributed by atoms with Crippen molar-refractivity contribution in [3.05, 3.63) is 47.6 Å². The fourth-order valence-electron chi connectivity index (χ4n) is 2.25. The summed E-state index contributed by atoms with van der Waals surface area (Å²) >= 11 is 0. The third kappa shape index (κ3) is 4.20. The van der Waals surface area contributed by atoms with Crippen LogP contribution in [0.3, 0.4) is 0 Å². The van der Waals surface area contributed by atoms with E-state index in [-0.39, 0.29) is 29.3 Å². The van der Waals surface area contributed by atoms with Gasteiger partial charge in [0, 0.05) is 11.5 Å². The van der Waals surface area contributed by atoms with Crippen molar-refractivity contribution in [3.63, 3.8) is 0 Å². The second kappa shape index (κ2) is 7.13. The first-order chi connectivity index (χ1) is 11.2. The SMILES string of the molecule is CC(NC(=O)C(C)C(N)c1ccccc1)c1nc(C(C)(C)C)no1. The van der Waals surface area contributed by atoms with Crippen LogP contribution in [0.25, 0.3) is 0 Å². The van der Waals surface area contributed by atoms with E-state index in [0.717, 1.165) is 5.56 Å². The molecular weight excluding hydrogens is 304 g/mol. The van der Waals surface area contributed by atoms with Gasteiger partial charge < -0.3 is 15.6 Å². The summed E-state index contributed by atoms with van der Waals surface area (Å²) in [6.45, 7) is 9.65. The molecule has 0 aliphatic heterocycles. The standard InChI is InChI=1S/C18H26N4O2/c1-11(14(19)13-9-7-6-8-10-13)15(23)20-12(2)16-21-17(22-24-16)18(3,4)5/h6-12,14H,19H2,1-5H3,(H,20,23). The zero-order valence-electron chi connectivity index (χ0n) is 14.9. The highest BCUT2D eigenvalue weighted by atomic mass is 16.5. The van der Waals surface area contributed by atoms with Gasteiger partial charge in [0.05, 0.1) is 5.92 Å². The van der Waals surface area contributed by atoms with Crippen LogP contribution in [0, 0.1) is 5.92 Å². The molecule has 0 saturated heterocycles. The molecule has 0 saturated carbocycles. The summed E-state index contributed by atoms with van der Waals surface area (Å²) in [6.07, 6.45) is 0. The monoisotopic (exact) mass is 330 g/mol. The van der Waals surface area contributed by atoms with Crippen molar-refractivity contribution in [2.75, 3.05) is 0 Å². The van der Waals surface area contributed by atoms with Gasteiger partial charge in [-0.2, -0.15) is 4.98 Å². The molecule has 0 radical (unpaired) electrons. The van der Waals surface area contributed by atoms with Gasteiger partial charge in [-0.1, -0.05) is 63.2 Å². The molecule has 0 bridgehead atoms. The number of carbonyl (C=O) groups is 1. The van der Waals surface area contributed by atoms with Gasteiger partial charge in [0.1, 0.15) is 6.04 Å². The molecule has 2 aromatic rings. The largest absolute Gasteiger partial charge is 0.344 e. The van der Waals surface area contributed by atoms with E-state index in [4.69, 9.17) is 10.3 Å². The molecule has 130 valence electrons. The highest BCUT2D eigenvalue weighted by molar-refractivity contribution is 5.79. The first kappa shape index (κ1) is 18.1. The number of nitrogens with zero attached hydrogens (tertiary/aromatic N) is 2. The van der Waals surface area contributed by atoms with Crippen molar-refractivity contribution in [2.24, 2.45) is 11.7 Å². The van der Waals surface area contributed by atoms with Crippen LogP contribution in [-0.2, 0) is 10.2 Å². The molecule has 0 aliphatic rings. The number of nitrogens with one attached hydrogen (secondary N) is 1. The van der Waals surface area contributed by atoms with E-state index >= 15 is 0 Å². The average molecular weight is 330 g/mol. The summed E-state index contributed by atoms with van der Waals surface area (Å²) in [4.78, 5) is 16.8. The Kier molecular flexibility index (Phi) is 5.39. The summed E-state index contributed by atoms with van der Waals surface area (Å²) in [7, 11) is 0. The van der Waals surface area contributed by atoms with Gasteiger partial charge in [-0.05, 0) is 12.5 Å². The maximum atomic E-state index is 12.5. The van der Waals surface area contributed by atoms with Crippen LogP contribution in [0.5, 0.6) is 0 Å². The molecule has 0 fully saturated rings. The minimum Gasteiger partial charge on any atom is -0.344 e. The van der Waals surface area contributed by atoms with Crippen LogP contribution < -0.4 is 11.1 Å². The molecule has 1 aromatic heterocycles. The van der Waals surface area contributed by atoms with E-state index < -0.39 is 0 Å². The van der Waals surface area contributed by atoms with Crippen molar-refractivity contribution < 1.29 is 9.32 Å². The lowest BCUT2D eigenvalue weighted by Gasteiger charge is -2.21. The lowest BCUT2D eigenvalue weighted by atomic mass is 9.94. The highest BCUT2D eigenvalue weighted by Gasteiger charge is 2.27. The molecular formula is C18H26N4O2. The quantitative estimate of drug-likeness (QED) is 0.879. The fourth-order valence-corrected chi connectivity index (χ4v) is 2.25. The van der Waals surface area contributed by atoms with Crippen molar-refractivity contribution in [1.82, 2.24) is 15.5 Å².